The van der Waals surface area contributed by atoms with Gasteiger partial charge in [-0.05, 0) is 36.8 Å². The monoisotopic (exact) mass is 340 g/mol. The molecule has 0 amide bonds. The van der Waals surface area contributed by atoms with Crippen molar-refractivity contribution in [3.63, 3.8) is 0 Å². The van der Waals surface area contributed by atoms with Crippen molar-refractivity contribution >= 4 is 27.5 Å². The van der Waals surface area contributed by atoms with E-state index < -0.39 is 5.60 Å². The molecule has 2 rings (SSSR count). The first-order chi connectivity index (χ1) is 8.88. The van der Waals surface area contributed by atoms with Crippen molar-refractivity contribution < 1.29 is 10.2 Å². The van der Waals surface area contributed by atoms with Gasteiger partial charge in [0.2, 0.25) is 0 Å². The molecule has 0 saturated heterocycles. The number of halogens is 2. The Labute approximate surface area is 125 Å². The highest BCUT2D eigenvalue weighted by Gasteiger charge is 2.26. The van der Waals surface area contributed by atoms with Crippen molar-refractivity contribution in [1.29, 1.82) is 0 Å². The van der Waals surface area contributed by atoms with Gasteiger partial charge >= 0.3 is 0 Å². The Balaban J connectivity index is 2.29. The van der Waals surface area contributed by atoms with Crippen LogP contribution in [-0.4, -0.2) is 10.2 Å². The Morgan fingerprint density at radius 1 is 1.16 bits per heavy atom. The Kier molecular flexibility index (Phi) is 4.19. The Hall–Kier alpha value is -1.03. The highest BCUT2D eigenvalue weighted by Crippen LogP contribution is 2.33. The summed E-state index contributed by atoms with van der Waals surface area (Å²) in [4.78, 5) is 0. The standard InChI is InChI=1S/C15H14BrClO2/c1-15(19,9-10-2-5-12(18)6-3-10)13-7-4-11(16)8-14(13)17/h2-8,18-19H,9H2,1H3. The number of rotatable bonds is 3. The van der Waals surface area contributed by atoms with E-state index in [1.165, 1.54) is 0 Å². The number of hydrogen-bond donors (Lipinski definition) is 2. The fourth-order valence-corrected chi connectivity index (χ4v) is 2.91. The van der Waals surface area contributed by atoms with Crippen LogP contribution in [0.15, 0.2) is 46.9 Å². The van der Waals surface area contributed by atoms with Gasteiger partial charge in [0.25, 0.3) is 0 Å². The molecule has 2 nitrogen and oxygen atoms in total. The van der Waals surface area contributed by atoms with Gasteiger partial charge in [-0.3, -0.25) is 0 Å². The van der Waals surface area contributed by atoms with Crippen LogP contribution in [0.5, 0.6) is 5.75 Å². The van der Waals surface area contributed by atoms with Gasteiger partial charge in [-0.2, -0.15) is 0 Å². The summed E-state index contributed by atoms with van der Waals surface area (Å²) in [5.74, 6) is 0.213. The lowest BCUT2D eigenvalue weighted by Gasteiger charge is -2.25. The summed E-state index contributed by atoms with van der Waals surface area (Å²) >= 11 is 9.52. The van der Waals surface area contributed by atoms with Crippen LogP contribution in [0.4, 0.5) is 0 Å². The third kappa shape index (κ3) is 3.50. The molecular formula is C15H14BrClO2. The predicted molar refractivity (Wildman–Crippen MR) is 80.5 cm³/mol. The molecule has 0 heterocycles. The SMILES string of the molecule is CC(O)(Cc1ccc(O)cc1)c1ccc(Br)cc1Cl. The maximum Gasteiger partial charge on any atom is 0.115 e. The van der Waals surface area contributed by atoms with Crippen molar-refractivity contribution in [1.82, 2.24) is 0 Å². The van der Waals surface area contributed by atoms with Crippen LogP contribution in [-0.2, 0) is 12.0 Å². The second kappa shape index (κ2) is 5.53. The van der Waals surface area contributed by atoms with Crippen molar-refractivity contribution in [2.45, 2.75) is 18.9 Å². The molecule has 0 aliphatic rings. The summed E-state index contributed by atoms with van der Waals surface area (Å²) in [5.41, 5.74) is 0.557. The van der Waals surface area contributed by atoms with Gasteiger partial charge < -0.3 is 10.2 Å². The van der Waals surface area contributed by atoms with Crippen LogP contribution in [0.3, 0.4) is 0 Å². The van der Waals surface area contributed by atoms with Gasteiger partial charge in [0.15, 0.2) is 0 Å². The molecule has 1 atom stereocenters. The molecule has 4 heteroatoms. The zero-order valence-corrected chi connectivity index (χ0v) is 12.7. The lowest BCUT2D eigenvalue weighted by atomic mass is 9.89. The first-order valence-electron chi connectivity index (χ1n) is 5.84. The number of hydrogen-bond acceptors (Lipinski definition) is 2. The summed E-state index contributed by atoms with van der Waals surface area (Å²) in [7, 11) is 0. The van der Waals surface area contributed by atoms with Crippen LogP contribution in [0.2, 0.25) is 5.02 Å². The van der Waals surface area contributed by atoms with Gasteiger partial charge in [-0.1, -0.05) is 45.7 Å². The predicted octanol–water partition coefficient (Wildman–Crippen LogP) is 4.26. The van der Waals surface area contributed by atoms with E-state index in [0.29, 0.717) is 17.0 Å². The highest BCUT2D eigenvalue weighted by atomic mass is 79.9. The molecule has 0 aromatic heterocycles. The third-order valence-electron chi connectivity index (χ3n) is 3.00. The van der Waals surface area contributed by atoms with Crippen molar-refractivity contribution in [3.05, 3.63) is 63.1 Å². The molecular weight excluding hydrogens is 328 g/mol. The van der Waals surface area contributed by atoms with Gasteiger partial charge in [0.1, 0.15) is 5.75 Å². The Bertz CT molecular complexity index is 579. The molecule has 0 aliphatic carbocycles. The maximum atomic E-state index is 10.6. The van der Waals surface area contributed by atoms with E-state index >= 15 is 0 Å². The smallest absolute Gasteiger partial charge is 0.115 e. The average Bonchev–Trinajstić information content (AvgIpc) is 2.31. The molecule has 100 valence electrons. The number of aromatic hydroxyl groups is 1. The molecule has 0 saturated carbocycles. The molecule has 0 spiro atoms. The van der Waals surface area contributed by atoms with E-state index in [1.807, 2.05) is 12.1 Å². The minimum absolute atomic E-state index is 0.213. The second-order valence-electron chi connectivity index (χ2n) is 4.74. The van der Waals surface area contributed by atoms with E-state index in [2.05, 4.69) is 15.9 Å². The molecule has 0 bridgehead atoms. The molecule has 0 radical (unpaired) electrons. The minimum Gasteiger partial charge on any atom is -0.508 e. The van der Waals surface area contributed by atoms with Crippen LogP contribution < -0.4 is 0 Å². The number of aliphatic hydroxyl groups is 1. The zero-order chi connectivity index (χ0) is 14.0. The van der Waals surface area contributed by atoms with Gasteiger partial charge in [0, 0.05) is 21.5 Å². The van der Waals surface area contributed by atoms with E-state index in [4.69, 9.17) is 11.6 Å². The first-order valence-corrected chi connectivity index (χ1v) is 7.01. The topological polar surface area (TPSA) is 40.5 Å². The van der Waals surface area contributed by atoms with Gasteiger partial charge in [-0.15, -0.1) is 0 Å². The van der Waals surface area contributed by atoms with Gasteiger partial charge in [0.05, 0.1) is 5.60 Å². The fourth-order valence-electron chi connectivity index (χ4n) is 2.03. The van der Waals surface area contributed by atoms with Crippen molar-refractivity contribution in [3.8, 4) is 5.75 Å². The maximum absolute atomic E-state index is 10.6. The van der Waals surface area contributed by atoms with Crippen molar-refractivity contribution in [2.75, 3.05) is 0 Å². The van der Waals surface area contributed by atoms with Gasteiger partial charge in [-0.25, -0.2) is 0 Å². The third-order valence-corrected chi connectivity index (χ3v) is 3.80. The lowest BCUT2D eigenvalue weighted by molar-refractivity contribution is 0.0577. The highest BCUT2D eigenvalue weighted by molar-refractivity contribution is 9.10. The van der Waals surface area contributed by atoms with Crippen LogP contribution in [0.1, 0.15) is 18.1 Å². The quantitative estimate of drug-likeness (QED) is 0.876. The Morgan fingerprint density at radius 3 is 2.37 bits per heavy atom. The molecule has 2 N–H and O–H groups in total. The van der Waals surface area contributed by atoms with Crippen LogP contribution in [0.25, 0.3) is 0 Å². The molecule has 2 aromatic rings. The number of phenols is 1. The summed E-state index contributed by atoms with van der Waals surface area (Å²) in [6.07, 6.45) is 0.425. The van der Waals surface area contributed by atoms with Crippen LogP contribution >= 0.6 is 27.5 Å². The molecule has 0 aliphatic heterocycles. The summed E-state index contributed by atoms with van der Waals surface area (Å²) in [6.45, 7) is 1.73. The normalized spacial score (nSPS) is 14.1. The van der Waals surface area contributed by atoms with E-state index in [1.54, 1.807) is 37.3 Å². The van der Waals surface area contributed by atoms with Crippen molar-refractivity contribution in [2.24, 2.45) is 0 Å². The average molecular weight is 342 g/mol. The fraction of sp³-hybridized carbons (Fsp3) is 0.200. The largest absolute Gasteiger partial charge is 0.508 e. The van der Waals surface area contributed by atoms with E-state index in [-0.39, 0.29) is 5.75 Å². The molecule has 0 fully saturated rings. The zero-order valence-electron chi connectivity index (χ0n) is 10.4. The van der Waals surface area contributed by atoms with E-state index in [9.17, 15) is 10.2 Å². The summed E-state index contributed by atoms with van der Waals surface area (Å²) in [6, 6.07) is 12.2. The number of benzene rings is 2. The molecule has 19 heavy (non-hydrogen) atoms. The molecule has 1 unspecified atom stereocenters. The first kappa shape index (κ1) is 14.4. The summed E-state index contributed by atoms with van der Waals surface area (Å²) < 4.78 is 0.877. The minimum atomic E-state index is -1.06. The molecule has 2 aromatic carbocycles. The Morgan fingerprint density at radius 2 is 1.79 bits per heavy atom. The lowest BCUT2D eigenvalue weighted by Crippen LogP contribution is -2.24. The second-order valence-corrected chi connectivity index (χ2v) is 6.06. The van der Waals surface area contributed by atoms with Crippen LogP contribution in [0, 0.1) is 0 Å². The number of phenolic OH excluding ortho intramolecular Hbond substituents is 1. The van der Waals surface area contributed by atoms with E-state index in [0.717, 1.165) is 10.0 Å². The summed E-state index contributed by atoms with van der Waals surface area (Å²) in [5, 5.41) is 20.4.